The first-order valence-electron chi connectivity index (χ1n) is 10.2. The largest absolute Gasteiger partial charge is 0.490 e. The number of furan rings is 1. The molecule has 0 bridgehead atoms. The van der Waals surface area contributed by atoms with Crippen LogP contribution in [0.25, 0.3) is 0 Å². The van der Waals surface area contributed by atoms with Gasteiger partial charge in [-0.1, -0.05) is 18.2 Å². The van der Waals surface area contributed by atoms with Gasteiger partial charge in [0.15, 0.2) is 5.76 Å². The second kappa shape index (κ2) is 11.0. The molecule has 2 N–H and O–H groups in total. The van der Waals surface area contributed by atoms with E-state index in [1.165, 1.54) is 12.3 Å². The Bertz CT molecular complexity index is 1100. The Morgan fingerprint density at radius 1 is 1.18 bits per heavy atom. The molecule has 3 heterocycles. The molecule has 0 spiro atoms. The van der Waals surface area contributed by atoms with Crippen LogP contribution in [0.2, 0.25) is 0 Å². The lowest BCUT2D eigenvalue weighted by Gasteiger charge is -2.34. The molecule has 0 saturated heterocycles. The normalized spacial score (nSPS) is 15.7. The monoisotopic (exact) mass is 482 g/mol. The van der Waals surface area contributed by atoms with E-state index < -0.39 is 12.1 Å². The topological polar surface area (TPSA) is 101 Å². The Morgan fingerprint density at radius 2 is 1.91 bits per heavy atom. The van der Waals surface area contributed by atoms with Gasteiger partial charge >= 0.3 is 12.1 Å². The number of benzene rings is 1. The predicted octanol–water partition coefficient (Wildman–Crippen LogP) is 3.63. The van der Waals surface area contributed by atoms with Crippen LogP contribution in [0.15, 0.2) is 59.3 Å². The van der Waals surface area contributed by atoms with E-state index in [0.717, 1.165) is 25.2 Å². The highest BCUT2D eigenvalue weighted by atomic mass is 19.4. The second-order valence-corrected chi connectivity index (χ2v) is 7.51. The van der Waals surface area contributed by atoms with E-state index in [4.69, 9.17) is 14.3 Å². The Balaban J connectivity index is 0.000000406. The summed E-state index contributed by atoms with van der Waals surface area (Å²) >= 11 is 0. The van der Waals surface area contributed by atoms with Gasteiger partial charge < -0.3 is 14.8 Å². The van der Waals surface area contributed by atoms with E-state index in [0.29, 0.717) is 24.4 Å². The number of hydrogen-bond donors (Lipinski definition) is 2. The minimum Gasteiger partial charge on any atom is -0.475 e. The van der Waals surface area contributed by atoms with Crippen molar-refractivity contribution in [2.75, 3.05) is 13.1 Å². The first kappa shape index (κ1) is 25.0. The molecule has 0 radical (unpaired) electrons. The van der Waals surface area contributed by atoms with E-state index in [2.05, 4.69) is 15.3 Å². The number of hydrogen-bond acceptors (Lipinski definition) is 5. The van der Waals surface area contributed by atoms with E-state index in [-0.39, 0.29) is 17.8 Å². The lowest BCUT2D eigenvalue weighted by molar-refractivity contribution is -0.192. The van der Waals surface area contributed by atoms with Crippen molar-refractivity contribution in [3.63, 3.8) is 0 Å². The summed E-state index contributed by atoms with van der Waals surface area (Å²) in [5.41, 5.74) is 1.79. The summed E-state index contributed by atoms with van der Waals surface area (Å²) in [6.07, 6.45) is -1.09. The number of aliphatic carboxylic acids is 1. The summed E-state index contributed by atoms with van der Waals surface area (Å²) in [4.78, 5) is 23.1. The maximum absolute atomic E-state index is 14.0. The summed E-state index contributed by atoms with van der Waals surface area (Å²) in [7, 11) is 0. The standard InChI is InChI=1S/C20H21FN4O2.C2HF3O2/c21-18-5-2-1-4-15(18)12-24-13-16(25-17(14-24)8-10-23-25)7-9-22-20(26)19-6-3-11-27-19;3-2(4,5)1(6)7/h1-6,8,10-11,16H,7,9,12-14H2,(H,22,26);(H,6,7). The molecule has 2 aromatic heterocycles. The molecule has 0 aliphatic carbocycles. The summed E-state index contributed by atoms with van der Waals surface area (Å²) in [5.74, 6) is -2.86. The maximum atomic E-state index is 14.0. The van der Waals surface area contributed by atoms with Crippen LogP contribution in [-0.2, 0) is 17.9 Å². The number of carboxylic acids is 1. The van der Waals surface area contributed by atoms with E-state index in [1.54, 1.807) is 24.4 Å². The van der Waals surface area contributed by atoms with Crippen LogP contribution in [0.4, 0.5) is 17.6 Å². The number of amides is 1. The molecule has 3 aromatic rings. The molecule has 182 valence electrons. The summed E-state index contributed by atoms with van der Waals surface area (Å²) in [6.45, 7) is 2.54. The zero-order valence-electron chi connectivity index (χ0n) is 17.8. The highest BCUT2D eigenvalue weighted by Crippen LogP contribution is 2.24. The first-order chi connectivity index (χ1) is 16.1. The predicted molar refractivity (Wildman–Crippen MR) is 111 cm³/mol. The molecule has 0 saturated carbocycles. The van der Waals surface area contributed by atoms with Crippen molar-refractivity contribution in [2.24, 2.45) is 0 Å². The smallest absolute Gasteiger partial charge is 0.475 e. The lowest BCUT2D eigenvalue weighted by atomic mass is 10.1. The van der Waals surface area contributed by atoms with Crippen molar-refractivity contribution in [2.45, 2.75) is 31.7 Å². The Kier molecular flexibility index (Phi) is 8.05. The number of nitrogens with zero attached hydrogens (tertiary/aromatic N) is 3. The second-order valence-electron chi connectivity index (χ2n) is 7.51. The van der Waals surface area contributed by atoms with Crippen LogP contribution in [-0.4, -0.2) is 50.9 Å². The average molecular weight is 482 g/mol. The number of nitrogens with one attached hydrogen (secondary N) is 1. The van der Waals surface area contributed by atoms with Crippen molar-refractivity contribution < 1.29 is 36.7 Å². The van der Waals surface area contributed by atoms with Gasteiger partial charge in [-0.05, 0) is 30.7 Å². The molecule has 34 heavy (non-hydrogen) atoms. The van der Waals surface area contributed by atoms with Crippen LogP contribution in [0, 0.1) is 5.82 Å². The molecule has 1 amide bonds. The molecule has 1 aliphatic rings. The van der Waals surface area contributed by atoms with Crippen molar-refractivity contribution in [3.05, 3.63) is 77.8 Å². The molecule has 12 heteroatoms. The zero-order chi connectivity index (χ0) is 24.7. The van der Waals surface area contributed by atoms with Crippen molar-refractivity contribution in [1.29, 1.82) is 0 Å². The van der Waals surface area contributed by atoms with Crippen LogP contribution < -0.4 is 5.32 Å². The molecule has 8 nitrogen and oxygen atoms in total. The maximum Gasteiger partial charge on any atom is 0.490 e. The van der Waals surface area contributed by atoms with E-state index in [1.807, 2.05) is 22.9 Å². The Labute approximate surface area is 191 Å². The van der Waals surface area contributed by atoms with Crippen LogP contribution >= 0.6 is 0 Å². The third-order valence-electron chi connectivity index (χ3n) is 5.06. The Hall–Kier alpha value is -3.67. The molecular weight excluding hydrogens is 460 g/mol. The summed E-state index contributed by atoms with van der Waals surface area (Å²) in [6, 6.07) is 12.3. The van der Waals surface area contributed by atoms with Crippen molar-refractivity contribution in [3.8, 4) is 0 Å². The highest BCUT2D eigenvalue weighted by Gasteiger charge is 2.38. The van der Waals surface area contributed by atoms with Crippen LogP contribution in [0.3, 0.4) is 0 Å². The quantitative estimate of drug-likeness (QED) is 0.521. The van der Waals surface area contributed by atoms with Crippen molar-refractivity contribution in [1.82, 2.24) is 20.0 Å². The fraction of sp³-hybridized carbons (Fsp3) is 0.318. The molecule has 1 aromatic carbocycles. The fourth-order valence-electron chi connectivity index (χ4n) is 3.51. The number of alkyl halides is 3. The number of carbonyl (C=O) groups is 2. The van der Waals surface area contributed by atoms with Gasteiger partial charge in [0.25, 0.3) is 5.91 Å². The van der Waals surface area contributed by atoms with Gasteiger partial charge in [-0.2, -0.15) is 18.3 Å². The average Bonchev–Trinajstić information content (AvgIpc) is 3.47. The van der Waals surface area contributed by atoms with E-state index in [9.17, 15) is 22.4 Å². The van der Waals surface area contributed by atoms with Gasteiger partial charge in [0, 0.05) is 37.9 Å². The Morgan fingerprint density at radius 3 is 2.56 bits per heavy atom. The molecule has 1 atom stereocenters. The fourth-order valence-corrected chi connectivity index (χ4v) is 3.51. The SMILES string of the molecule is O=C(NCCC1CN(Cc2ccccc2F)Cc2ccnn21)c1ccco1.O=C(O)C(F)(F)F. The van der Waals surface area contributed by atoms with Gasteiger partial charge in [-0.15, -0.1) is 0 Å². The molecule has 4 rings (SSSR count). The molecule has 1 unspecified atom stereocenters. The summed E-state index contributed by atoms with van der Waals surface area (Å²) in [5, 5.41) is 14.4. The van der Waals surface area contributed by atoms with Gasteiger partial charge in [0.05, 0.1) is 18.0 Å². The number of carboxylic acid groups (broad SMARTS) is 1. The number of fused-ring (bicyclic) bond motifs is 1. The third-order valence-corrected chi connectivity index (χ3v) is 5.06. The first-order valence-corrected chi connectivity index (χ1v) is 10.2. The highest BCUT2D eigenvalue weighted by molar-refractivity contribution is 5.91. The van der Waals surface area contributed by atoms with Crippen LogP contribution in [0.5, 0.6) is 0 Å². The van der Waals surface area contributed by atoms with Gasteiger partial charge in [-0.3, -0.25) is 14.4 Å². The van der Waals surface area contributed by atoms with Crippen molar-refractivity contribution >= 4 is 11.9 Å². The van der Waals surface area contributed by atoms with Gasteiger partial charge in [0.1, 0.15) is 5.82 Å². The van der Waals surface area contributed by atoms with Crippen LogP contribution in [0.1, 0.15) is 34.3 Å². The third kappa shape index (κ3) is 6.67. The minimum atomic E-state index is -5.08. The number of carbonyl (C=O) groups excluding carboxylic acids is 1. The minimum absolute atomic E-state index is 0.118. The number of aromatic nitrogens is 2. The molecule has 1 aliphatic heterocycles. The lowest BCUT2D eigenvalue weighted by Crippen LogP contribution is -2.39. The molecular formula is C22H22F4N4O4. The zero-order valence-corrected chi connectivity index (χ0v) is 17.8. The van der Waals surface area contributed by atoms with E-state index >= 15 is 0 Å². The van der Waals surface area contributed by atoms with Gasteiger partial charge in [0.2, 0.25) is 0 Å². The number of halogens is 4. The number of rotatable bonds is 6. The van der Waals surface area contributed by atoms with Gasteiger partial charge in [-0.25, -0.2) is 9.18 Å². The summed E-state index contributed by atoms with van der Waals surface area (Å²) < 4.78 is 52.9. The molecule has 0 fully saturated rings.